The molecule has 0 saturated heterocycles. The van der Waals surface area contributed by atoms with E-state index in [1.807, 2.05) is 40.5 Å². The standard InChI is InChI=1S/C21H28N6S/c1-6-26-19(11-12-22-26)14-25(5)21(28)23-20-16(3)24-27(17(20)4)13-18-10-8-7-9-15(18)2/h7-12H,6,13-14H2,1-5H3,(H,23,28). The molecule has 0 amide bonds. The van der Waals surface area contributed by atoms with Crippen molar-refractivity contribution >= 4 is 23.0 Å². The van der Waals surface area contributed by atoms with Gasteiger partial charge in [0.2, 0.25) is 0 Å². The highest BCUT2D eigenvalue weighted by Gasteiger charge is 2.16. The van der Waals surface area contributed by atoms with Gasteiger partial charge in [0.25, 0.3) is 0 Å². The van der Waals surface area contributed by atoms with Crippen LogP contribution in [0.25, 0.3) is 0 Å². The van der Waals surface area contributed by atoms with Gasteiger partial charge < -0.3 is 10.2 Å². The minimum atomic E-state index is 0.672. The Morgan fingerprint density at radius 3 is 2.61 bits per heavy atom. The molecule has 0 aliphatic heterocycles. The van der Waals surface area contributed by atoms with Crippen LogP contribution in [0.3, 0.4) is 0 Å². The third kappa shape index (κ3) is 4.25. The van der Waals surface area contributed by atoms with Crippen molar-refractivity contribution in [2.75, 3.05) is 12.4 Å². The van der Waals surface area contributed by atoms with E-state index < -0.39 is 0 Å². The van der Waals surface area contributed by atoms with Gasteiger partial charge in [-0.25, -0.2) is 0 Å². The average Bonchev–Trinajstić information content (AvgIpc) is 3.22. The van der Waals surface area contributed by atoms with Crippen LogP contribution in [0, 0.1) is 20.8 Å². The third-order valence-corrected chi connectivity index (χ3v) is 5.46. The summed E-state index contributed by atoms with van der Waals surface area (Å²) in [6.07, 6.45) is 1.83. The summed E-state index contributed by atoms with van der Waals surface area (Å²) in [7, 11) is 1.99. The summed E-state index contributed by atoms with van der Waals surface area (Å²) in [6.45, 7) is 10.6. The lowest BCUT2D eigenvalue weighted by molar-refractivity contribution is 0.471. The lowest BCUT2D eigenvalue weighted by Crippen LogP contribution is -2.31. The molecule has 0 unspecified atom stereocenters. The van der Waals surface area contributed by atoms with Crippen molar-refractivity contribution in [2.24, 2.45) is 0 Å². The van der Waals surface area contributed by atoms with Gasteiger partial charge in [-0.1, -0.05) is 24.3 Å². The molecule has 2 heterocycles. The van der Waals surface area contributed by atoms with Crippen LogP contribution in [0.15, 0.2) is 36.5 Å². The van der Waals surface area contributed by atoms with Crippen LogP contribution in [0.2, 0.25) is 0 Å². The number of rotatable bonds is 6. The summed E-state index contributed by atoms with van der Waals surface area (Å²) in [5.74, 6) is 0. The average molecular weight is 397 g/mol. The molecule has 0 bridgehead atoms. The Morgan fingerprint density at radius 1 is 1.14 bits per heavy atom. The molecule has 0 aliphatic carbocycles. The van der Waals surface area contributed by atoms with E-state index in [9.17, 15) is 0 Å². The summed E-state index contributed by atoms with van der Waals surface area (Å²) in [4.78, 5) is 2.02. The van der Waals surface area contributed by atoms with Gasteiger partial charge in [0.05, 0.1) is 35.9 Å². The molecular weight excluding hydrogens is 368 g/mol. The Bertz CT molecular complexity index is 971. The molecule has 1 aromatic carbocycles. The molecule has 28 heavy (non-hydrogen) atoms. The molecule has 6 nitrogen and oxygen atoms in total. The van der Waals surface area contributed by atoms with Gasteiger partial charge in [0, 0.05) is 19.8 Å². The Labute approximate surface area is 172 Å². The number of aromatic nitrogens is 4. The second-order valence-electron chi connectivity index (χ2n) is 7.05. The topological polar surface area (TPSA) is 50.9 Å². The van der Waals surface area contributed by atoms with Crippen LogP contribution in [0.5, 0.6) is 0 Å². The van der Waals surface area contributed by atoms with Crippen molar-refractivity contribution in [3.63, 3.8) is 0 Å². The lowest BCUT2D eigenvalue weighted by atomic mass is 10.1. The summed E-state index contributed by atoms with van der Waals surface area (Å²) < 4.78 is 4.02. The smallest absolute Gasteiger partial charge is 0.173 e. The van der Waals surface area contributed by atoms with Crippen molar-refractivity contribution in [2.45, 2.75) is 47.3 Å². The second kappa shape index (κ2) is 8.56. The quantitative estimate of drug-likeness (QED) is 0.641. The lowest BCUT2D eigenvalue weighted by Gasteiger charge is -2.21. The number of hydrogen-bond donors (Lipinski definition) is 1. The van der Waals surface area contributed by atoms with Crippen LogP contribution in [0.1, 0.15) is 35.1 Å². The SMILES string of the molecule is CCn1nccc1CN(C)C(=S)Nc1c(C)nn(Cc2ccccc2C)c1C. The largest absolute Gasteiger partial charge is 0.346 e. The van der Waals surface area contributed by atoms with Gasteiger partial charge >= 0.3 is 0 Å². The third-order valence-electron chi connectivity index (χ3n) is 5.04. The maximum Gasteiger partial charge on any atom is 0.173 e. The van der Waals surface area contributed by atoms with E-state index in [0.29, 0.717) is 11.7 Å². The number of hydrogen-bond acceptors (Lipinski definition) is 3. The van der Waals surface area contributed by atoms with E-state index in [1.165, 1.54) is 11.1 Å². The zero-order chi connectivity index (χ0) is 20.3. The monoisotopic (exact) mass is 396 g/mol. The molecule has 7 heteroatoms. The molecule has 0 atom stereocenters. The van der Waals surface area contributed by atoms with Crippen molar-refractivity contribution in [1.82, 2.24) is 24.5 Å². The van der Waals surface area contributed by atoms with Gasteiger partial charge in [-0.3, -0.25) is 9.36 Å². The van der Waals surface area contributed by atoms with Crippen LogP contribution >= 0.6 is 12.2 Å². The van der Waals surface area contributed by atoms with Gasteiger partial charge in [-0.15, -0.1) is 0 Å². The highest BCUT2D eigenvalue weighted by atomic mass is 32.1. The van der Waals surface area contributed by atoms with Crippen LogP contribution in [0.4, 0.5) is 5.69 Å². The number of benzene rings is 1. The van der Waals surface area contributed by atoms with Gasteiger partial charge in [-0.05, 0) is 57.1 Å². The van der Waals surface area contributed by atoms with Gasteiger partial charge in [0.1, 0.15) is 0 Å². The van der Waals surface area contributed by atoms with Gasteiger partial charge in [0.15, 0.2) is 5.11 Å². The highest BCUT2D eigenvalue weighted by molar-refractivity contribution is 7.80. The molecule has 0 radical (unpaired) electrons. The van der Waals surface area contributed by atoms with E-state index in [0.717, 1.165) is 35.9 Å². The number of anilines is 1. The zero-order valence-electron chi connectivity index (χ0n) is 17.2. The van der Waals surface area contributed by atoms with E-state index >= 15 is 0 Å². The van der Waals surface area contributed by atoms with E-state index in [1.54, 1.807) is 0 Å². The predicted octanol–water partition coefficient (Wildman–Crippen LogP) is 3.90. The first-order valence-electron chi connectivity index (χ1n) is 9.52. The summed E-state index contributed by atoms with van der Waals surface area (Å²) >= 11 is 5.64. The molecule has 0 aliphatic rings. The number of nitrogens with one attached hydrogen (secondary N) is 1. The summed E-state index contributed by atoms with van der Waals surface area (Å²) in [6, 6.07) is 10.4. The first-order valence-corrected chi connectivity index (χ1v) is 9.92. The molecule has 0 saturated carbocycles. The fraction of sp³-hybridized carbons (Fsp3) is 0.381. The van der Waals surface area contributed by atoms with E-state index in [-0.39, 0.29) is 0 Å². The Balaban J connectivity index is 1.72. The first-order chi connectivity index (χ1) is 13.4. The normalized spacial score (nSPS) is 10.9. The minimum absolute atomic E-state index is 0.672. The van der Waals surface area contributed by atoms with E-state index in [4.69, 9.17) is 17.3 Å². The van der Waals surface area contributed by atoms with Crippen LogP contribution in [-0.2, 0) is 19.6 Å². The molecule has 1 N–H and O–H groups in total. The maximum absolute atomic E-state index is 5.64. The molecule has 2 aromatic heterocycles. The fourth-order valence-electron chi connectivity index (χ4n) is 3.28. The Hall–Kier alpha value is -2.67. The molecule has 3 rings (SSSR count). The second-order valence-corrected chi connectivity index (χ2v) is 7.44. The van der Waals surface area contributed by atoms with Crippen molar-refractivity contribution in [1.29, 1.82) is 0 Å². The van der Waals surface area contributed by atoms with Crippen molar-refractivity contribution < 1.29 is 0 Å². The zero-order valence-corrected chi connectivity index (χ0v) is 18.0. The number of aryl methyl sites for hydroxylation is 3. The Morgan fingerprint density at radius 2 is 1.89 bits per heavy atom. The van der Waals surface area contributed by atoms with Crippen LogP contribution < -0.4 is 5.32 Å². The minimum Gasteiger partial charge on any atom is -0.346 e. The van der Waals surface area contributed by atoms with Gasteiger partial charge in [-0.2, -0.15) is 10.2 Å². The van der Waals surface area contributed by atoms with Crippen molar-refractivity contribution in [3.05, 3.63) is 64.7 Å². The predicted molar refractivity (Wildman–Crippen MR) is 118 cm³/mol. The molecule has 0 fully saturated rings. The Kier molecular flexibility index (Phi) is 6.14. The van der Waals surface area contributed by atoms with E-state index in [2.05, 4.69) is 55.5 Å². The summed E-state index contributed by atoms with van der Waals surface area (Å²) in [5.41, 5.74) is 6.68. The number of thiocarbonyl (C=S) groups is 1. The maximum atomic E-state index is 5.64. The molecule has 148 valence electrons. The fourth-order valence-corrected chi connectivity index (χ4v) is 3.44. The molecular formula is C21H28N6S. The highest BCUT2D eigenvalue weighted by Crippen LogP contribution is 2.22. The van der Waals surface area contributed by atoms with Crippen LogP contribution in [-0.4, -0.2) is 36.6 Å². The molecule has 3 aromatic rings. The first kappa shape index (κ1) is 20.1. The van der Waals surface area contributed by atoms with Crippen molar-refractivity contribution in [3.8, 4) is 0 Å². The summed E-state index contributed by atoms with van der Waals surface area (Å²) in [5, 5.41) is 13.1. The number of nitrogens with zero attached hydrogens (tertiary/aromatic N) is 5. The molecule has 0 spiro atoms.